The zero-order valence-electron chi connectivity index (χ0n) is 9.72. The lowest BCUT2D eigenvalue weighted by Gasteiger charge is -2.14. The summed E-state index contributed by atoms with van der Waals surface area (Å²) in [6, 6.07) is 1.80. The Morgan fingerprint density at radius 3 is 3.11 bits per heavy atom. The predicted octanol–water partition coefficient (Wildman–Crippen LogP) is 1.31. The van der Waals surface area contributed by atoms with Gasteiger partial charge < -0.3 is 0 Å². The third-order valence-corrected chi connectivity index (χ3v) is 3.62. The predicted molar refractivity (Wildman–Crippen MR) is 68.6 cm³/mol. The average Bonchev–Trinajstić information content (AvgIpc) is 2.99. The SMILES string of the molecule is CC(Cn1cncn1)n1cnc2sccc2c1=O. The molecule has 0 saturated heterocycles. The third-order valence-electron chi connectivity index (χ3n) is 2.80. The van der Waals surface area contributed by atoms with E-state index in [0.717, 1.165) is 4.83 Å². The standard InChI is InChI=1S/C11H11N5OS/c1-8(4-15-6-12-5-14-15)16-7-13-10-9(11(16)17)2-3-18-10/h2-3,5-8H,4H2,1H3. The highest BCUT2D eigenvalue weighted by atomic mass is 32.1. The molecule has 0 fully saturated rings. The maximum absolute atomic E-state index is 12.2. The first kappa shape index (κ1) is 11.1. The number of nitrogens with zero attached hydrogens (tertiary/aromatic N) is 5. The van der Waals surface area contributed by atoms with Gasteiger partial charge in [-0.05, 0) is 18.4 Å². The van der Waals surface area contributed by atoms with E-state index in [0.29, 0.717) is 11.9 Å². The van der Waals surface area contributed by atoms with Crippen LogP contribution in [-0.2, 0) is 6.54 Å². The van der Waals surface area contributed by atoms with Crippen molar-refractivity contribution in [2.75, 3.05) is 0 Å². The summed E-state index contributed by atoms with van der Waals surface area (Å²) in [7, 11) is 0. The van der Waals surface area contributed by atoms with E-state index < -0.39 is 0 Å². The molecular weight excluding hydrogens is 250 g/mol. The van der Waals surface area contributed by atoms with Gasteiger partial charge in [-0.1, -0.05) is 0 Å². The van der Waals surface area contributed by atoms with E-state index in [1.165, 1.54) is 17.7 Å². The first-order chi connectivity index (χ1) is 8.75. The van der Waals surface area contributed by atoms with Crippen LogP contribution in [0.3, 0.4) is 0 Å². The summed E-state index contributed by atoms with van der Waals surface area (Å²) in [6.07, 6.45) is 4.72. The van der Waals surface area contributed by atoms with Crippen molar-refractivity contribution in [2.24, 2.45) is 0 Å². The van der Waals surface area contributed by atoms with E-state index in [1.54, 1.807) is 21.9 Å². The van der Waals surface area contributed by atoms with E-state index in [-0.39, 0.29) is 11.6 Å². The Morgan fingerprint density at radius 2 is 2.33 bits per heavy atom. The quantitative estimate of drug-likeness (QED) is 0.713. The van der Waals surface area contributed by atoms with Crippen molar-refractivity contribution in [1.29, 1.82) is 0 Å². The van der Waals surface area contributed by atoms with Crippen LogP contribution in [0.15, 0.2) is 35.2 Å². The summed E-state index contributed by atoms with van der Waals surface area (Å²) < 4.78 is 3.34. The van der Waals surface area contributed by atoms with E-state index in [4.69, 9.17) is 0 Å². The molecule has 1 unspecified atom stereocenters. The molecule has 0 amide bonds. The van der Waals surface area contributed by atoms with Crippen LogP contribution < -0.4 is 5.56 Å². The van der Waals surface area contributed by atoms with Crippen LogP contribution in [0.25, 0.3) is 10.2 Å². The van der Waals surface area contributed by atoms with Gasteiger partial charge in [-0.2, -0.15) is 5.10 Å². The Hall–Kier alpha value is -2.02. The minimum atomic E-state index is -0.0176. The van der Waals surface area contributed by atoms with Gasteiger partial charge in [-0.15, -0.1) is 11.3 Å². The molecular formula is C11H11N5OS. The summed E-state index contributed by atoms with van der Waals surface area (Å²) in [5.41, 5.74) is -0.00568. The number of aromatic nitrogens is 5. The number of fused-ring (bicyclic) bond motifs is 1. The smallest absolute Gasteiger partial charge is 0.262 e. The lowest BCUT2D eigenvalue weighted by atomic mass is 10.3. The molecule has 0 N–H and O–H groups in total. The highest BCUT2D eigenvalue weighted by Crippen LogP contribution is 2.15. The molecule has 3 aromatic rings. The maximum atomic E-state index is 12.2. The van der Waals surface area contributed by atoms with Crippen molar-refractivity contribution in [3.63, 3.8) is 0 Å². The van der Waals surface area contributed by atoms with Crippen molar-refractivity contribution in [3.8, 4) is 0 Å². The molecule has 18 heavy (non-hydrogen) atoms. The fraction of sp³-hybridized carbons (Fsp3) is 0.273. The van der Waals surface area contributed by atoms with Crippen LogP contribution >= 0.6 is 11.3 Å². The van der Waals surface area contributed by atoms with Crippen LogP contribution in [-0.4, -0.2) is 24.3 Å². The van der Waals surface area contributed by atoms with Gasteiger partial charge in [0.1, 0.15) is 17.5 Å². The molecule has 3 aromatic heterocycles. The second-order valence-corrected chi connectivity index (χ2v) is 4.96. The van der Waals surface area contributed by atoms with Gasteiger partial charge in [0, 0.05) is 0 Å². The molecule has 0 aliphatic carbocycles. The number of hydrogen-bond donors (Lipinski definition) is 0. The summed E-state index contributed by atoms with van der Waals surface area (Å²) >= 11 is 1.48. The monoisotopic (exact) mass is 261 g/mol. The Morgan fingerprint density at radius 1 is 1.44 bits per heavy atom. The minimum Gasteiger partial charge on any atom is -0.294 e. The van der Waals surface area contributed by atoms with Gasteiger partial charge in [-0.3, -0.25) is 14.0 Å². The maximum Gasteiger partial charge on any atom is 0.262 e. The van der Waals surface area contributed by atoms with Gasteiger partial charge in [0.15, 0.2) is 0 Å². The van der Waals surface area contributed by atoms with E-state index >= 15 is 0 Å². The molecule has 3 rings (SSSR count). The minimum absolute atomic E-state index is 0.00568. The molecule has 1 atom stereocenters. The largest absolute Gasteiger partial charge is 0.294 e. The van der Waals surface area contributed by atoms with Gasteiger partial charge in [0.05, 0.1) is 24.3 Å². The van der Waals surface area contributed by atoms with Crippen LogP contribution in [0, 0.1) is 0 Å². The lowest BCUT2D eigenvalue weighted by molar-refractivity contribution is 0.425. The molecule has 6 nitrogen and oxygen atoms in total. The van der Waals surface area contributed by atoms with E-state index in [1.807, 2.05) is 18.4 Å². The van der Waals surface area contributed by atoms with Gasteiger partial charge >= 0.3 is 0 Å². The van der Waals surface area contributed by atoms with Gasteiger partial charge in [0.25, 0.3) is 5.56 Å². The molecule has 0 aliphatic heterocycles. The summed E-state index contributed by atoms with van der Waals surface area (Å²) in [5.74, 6) is 0. The van der Waals surface area contributed by atoms with Gasteiger partial charge in [0.2, 0.25) is 0 Å². The van der Waals surface area contributed by atoms with Crippen molar-refractivity contribution in [3.05, 3.63) is 40.8 Å². The molecule has 92 valence electrons. The van der Waals surface area contributed by atoms with Crippen molar-refractivity contribution < 1.29 is 0 Å². The van der Waals surface area contributed by atoms with Crippen molar-refractivity contribution in [1.82, 2.24) is 24.3 Å². The van der Waals surface area contributed by atoms with Crippen LogP contribution in [0.5, 0.6) is 0 Å². The fourth-order valence-corrected chi connectivity index (χ4v) is 2.59. The molecule has 0 saturated carbocycles. The van der Waals surface area contributed by atoms with Crippen LogP contribution in [0.4, 0.5) is 0 Å². The molecule has 0 radical (unpaired) electrons. The topological polar surface area (TPSA) is 65.6 Å². The zero-order valence-corrected chi connectivity index (χ0v) is 10.5. The first-order valence-electron chi connectivity index (χ1n) is 5.52. The number of rotatable bonds is 3. The first-order valence-corrected chi connectivity index (χ1v) is 6.40. The molecule has 0 aromatic carbocycles. The summed E-state index contributed by atoms with van der Waals surface area (Å²) in [4.78, 5) is 21.2. The Kier molecular flexibility index (Phi) is 2.67. The van der Waals surface area contributed by atoms with Gasteiger partial charge in [-0.25, -0.2) is 9.97 Å². The molecule has 0 spiro atoms. The fourth-order valence-electron chi connectivity index (χ4n) is 1.87. The van der Waals surface area contributed by atoms with E-state index in [9.17, 15) is 4.79 Å². The Balaban J connectivity index is 1.98. The highest BCUT2D eigenvalue weighted by Gasteiger charge is 2.11. The Labute approximate surface area is 107 Å². The number of thiophene rings is 1. The average molecular weight is 261 g/mol. The van der Waals surface area contributed by atoms with E-state index in [2.05, 4.69) is 15.1 Å². The second kappa shape index (κ2) is 4.34. The normalized spacial score (nSPS) is 12.9. The zero-order chi connectivity index (χ0) is 12.5. The number of hydrogen-bond acceptors (Lipinski definition) is 5. The summed E-state index contributed by atoms with van der Waals surface area (Å²) in [5, 5.41) is 6.59. The molecule has 0 bridgehead atoms. The molecule has 7 heteroatoms. The van der Waals surface area contributed by atoms with Crippen molar-refractivity contribution in [2.45, 2.75) is 19.5 Å². The van der Waals surface area contributed by atoms with Crippen molar-refractivity contribution >= 4 is 21.6 Å². The Bertz CT molecular complexity index is 714. The molecule has 3 heterocycles. The molecule has 0 aliphatic rings. The lowest BCUT2D eigenvalue weighted by Crippen LogP contribution is -2.26. The van der Waals surface area contributed by atoms with Crippen LogP contribution in [0.2, 0.25) is 0 Å². The third kappa shape index (κ3) is 1.82. The second-order valence-electron chi connectivity index (χ2n) is 4.06. The highest BCUT2D eigenvalue weighted by molar-refractivity contribution is 7.16. The summed E-state index contributed by atoms with van der Waals surface area (Å²) in [6.45, 7) is 2.56. The van der Waals surface area contributed by atoms with Crippen LogP contribution in [0.1, 0.15) is 13.0 Å².